The summed E-state index contributed by atoms with van der Waals surface area (Å²) in [4.78, 5) is 13.1. The van der Waals surface area contributed by atoms with Gasteiger partial charge in [0.1, 0.15) is 18.2 Å². The van der Waals surface area contributed by atoms with Crippen LogP contribution in [-0.2, 0) is 11.3 Å². The van der Waals surface area contributed by atoms with E-state index < -0.39 is 11.7 Å². The van der Waals surface area contributed by atoms with Gasteiger partial charge in [0, 0.05) is 11.3 Å². The normalized spacial score (nSPS) is 10.6. The predicted octanol–water partition coefficient (Wildman–Crippen LogP) is 2.57. The lowest BCUT2D eigenvalue weighted by Crippen LogP contribution is -2.21. The SMILES string of the molecule is Cc1ccc(F)cc1NC(=O)Cn1nnc(-c2ccc(F)cc2)n1. The molecule has 8 heteroatoms. The van der Waals surface area contributed by atoms with Crippen molar-refractivity contribution in [2.24, 2.45) is 0 Å². The van der Waals surface area contributed by atoms with Gasteiger partial charge in [0.15, 0.2) is 0 Å². The monoisotopic (exact) mass is 329 g/mol. The Morgan fingerprint density at radius 3 is 2.58 bits per heavy atom. The third kappa shape index (κ3) is 3.60. The second kappa shape index (κ2) is 6.53. The van der Waals surface area contributed by atoms with E-state index in [4.69, 9.17) is 0 Å². The average Bonchev–Trinajstić information content (AvgIpc) is 3.00. The number of anilines is 1. The Bertz CT molecular complexity index is 876. The van der Waals surface area contributed by atoms with Gasteiger partial charge in [0.05, 0.1) is 0 Å². The highest BCUT2D eigenvalue weighted by Gasteiger charge is 2.11. The molecule has 0 atom stereocenters. The molecule has 0 aliphatic carbocycles. The fraction of sp³-hybridized carbons (Fsp3) is 0.125. The number of carbonyl (C=O) groups is 1. The molecule has 3 aromatic rings. The summed E-state index contributed by atoms with van der Waals surface area (Å²) in [6.07, 6.45) is 0. The molecule has 0 bridgehead atoms. The summed E-state index contributed by atoms with van der Waals surface area (Å²) in [5, 5.41) is 14.3. The molecule has 0 saturated heterocycles. The van der Waals surface area contributed by atoms with E-state index in [1.807, 2.05) is 0 Å². The summed E-state index contributed by atoms with van der Waals surface area (Å²) >= 11 is 0. The number of benzene rings is 2. The molecule has 0 saturated carbocycles. The highest BCUT2D eigenvalue weighted by Crippen LogP contribution is 2.16. The molecule has 3 rings (SSSR count). The molecule has 1 N–H and O–H groups in total. The minimum atomic E-state index is -0.437. The van der Waals surface area contributed by atoms with Crippen LogP contribution in [0.2, 0.25) is 0 Å². The minimum absolute atomic E-state index is 0.176. The molecular formula is C16H13F2N5O. The summed E-state index contributed by atoms with van der Waals surface area (Å²) < 4.78 is 26.1. The smallest absolute Gasteiger partial charge is 0.248 e. The van der Waals surface area contributed by atoms with Crippen LogP contribution < -0.4 is 5.32 Å². The van der Waals surface area contributed by atoms with Crippen LogP contribution in [0.25, 0.3) is 11.4 Å². The van der Waals surface area contributed by atoms with Crippen molar-refractivity contribution in [3.63, 3.8) is 0 Å². The maximum absolute atomic E-state index is 13.2. The number of halogens is 2. The zero-order valence-corrected chi connectivity index (χ0v) is 12.7. The molecule has 1 amide bonds. The van der Waals surface area contributed by atoms with Crippen LogP contribution in [-0.4, -0.2) is 26.1 Å². The summed E-state index contributed by atoms with van der Waals surface area (Å²) in [6.45, 7) is 1.58. The molecule has 0 fully saturated rings. The fourth-order valence-electron chi connectivity index (χ4n) is 2.07. The Morgan fingerprint density at radius 1 is 1.12 bits per heavy atom. The van der Waals surface area contributed by atoms with Gasteiger partial charge in [-0.1, -0.05) is 6.07 Å². The van der Waals surface area contributed by atoms with Crippen molar-refractivity contribution in [3.8, 4) is 11.4 Å². The quantitative estimate of drug-likeness (QED) is 0.798. The molecule has 0 aliphatic rings. The molecule has 122 valence electrons. The van der Waals surface area contributed by atoms with E-state index in [0.29, 0.717) is 11.3 Å². The molecule has 0 spiro atoms. The summed E-state index contributed by atoms with van der Waals surface area (Å²) in [5.74, 6) is -0.930. The van der Waals surface area contributed by atoms with E-state index >= 15 is 0 Å². The van der Waals surface area contributed by atoms with Gasteiger partial charge in [-0.15, -0.1) is 10.2 Å². The van der Waals surface area contributed by atoms with Crippen LogP contribution in [0, 0.1) is 18.6 Å². The van der Waals surface area contributed by atoms with Gasteiger partial charge in [-0.05, 0) is 54.1 Å². The zero-order valence-electron chi connectivity index (χ0n) is 12.7. The second-order valence-electron chi connectivity index (χ2n) is 5.16. The largest absolute Gasteiger partial charge is 0.324 e. The molecule has 1 aromatic heterocycles. The standard InChI is InChI=1S/C16H13F2N5O/c1-10-2-5-13(18)8-14(10)19-15(24)9-23-21-16(20-22-23)11-3-6-12(17)7-4-11/h2-8H,9H2,1H3,(H,19,24). The maximum atomic E-state index is 13.2. The highest BCUT2D eigenvalue weighted by atomic mass is 19.1. The zero-order chi connectivity index (χ0) is 17.1. The van der Waals surface area contributed by atoms with E-state index in [-0.39, 0.29) is 18.2 Å². The van der Waals surface area contributed by atoms with Gasteiger partial charge >= 0.3 is 0 Å². The van der Waals surface area contributed by atoms with Crippen LogP contribution in [0.1, 0.15) is 5.56 Å². The lowest BCUT2D eigenvalue weighted by Gasteiger charge is -2.07. The first-order chi connectivity index (χ1) is 11.5. The lowest BCUT2D eigenvalue weighted by atomic mass is 10.2. The van der Waals surface area contributed by atoms with Gasteiger partial charge in [0.2, 0.25) is 11.7 Å². The number of amides is 1. The number of nitrogens with zero attached hydrogens (tertiary/aromatic N) is 4. The summed E-state index contributed by atoms with van der Waals surface area (Å²) in [6, 6.07) is 9.75. The van der Waals surface area contributed by atoms with E-state index in [1.165, 1.54) is 36.4 Å². The van der Waals surface area contributed by atoms with Crippen molar-refractivity contribution in [1.29, 1.82) is 0 Å². The van der Waals surface area contributed by atoms with E-state index in [1.54, 1.807) is 13.0 Å². The molecular weight excluding hydrogens is 316 g/mol. The molecule has 2 aromatic carbocycles. The first-order valence-electron chi connectivity index (χ1n) is 7.11. The number of hydrogen-bond acceptors (Lipinski definition) is 4. The van der Waals surface area contributed by atoms with Crippen LogP contribution in [0.4, 0.5) is 14.5 Å². The molecule has 6 nitrogen and oxygen atoms in total. The first-order valence-corrected chi connectivity index (χ1v) is 7.11. The van der Waals surface area contributed by atoms with E-state index in [9.17, 15) is 13.6 Å². The van der Waals surface area contributed by atoms with Crippen LogP contribution in [0.15, 0.2) is 42.5 Å². The van der Waals surface area contributed by atoms with Crippen LogP contribution in [0.5, 0.6) is 0 Å². The van der Waals surface area contributed by atoms with Crippen molar-refractivity contribution < 1.29 is 13.6 Å². The molecule has 0 radical (unpaired) electrons. The third-order valence-electron chi connectivity index (χ3n) is 3.31. The maximum Gasteiger partial charge on any atom is 0.248 e. The van der Waals surface area contributed by atoms with Crippen molar-refractivity contribution >= 4 is 11.6 Å². The highest BCUT2D eigenvalue weighted by molar-refractivity contribution is 5.91. The minimum Gasteiger partial charge on any atom is -0.324 e. The van der Waals surface area contributed by atoms with Gasteiger partial charge in [0.25, 0.3) is 0 Å². The number of aromatic nitrogens is 4. The Morgan fingerprint density at radius 2 is 1.83 bits per heavy atom. The third-order valence-corrected chi connectivity index (χ3v) is 3.31. The van der Waals surface area contributed by atoms with Crippen molar-refractivity contribution in [2.75, 3.05) is 5.32 Å². The number of aryl methyl sites for hydroxylation is 1. The first kappa shape index (κ1) is 15.7. The fourth-order valence-corrected chi connectivity index (χ4v) is 2.07. The molecule has 0 aliphatic heterocycles. The van der Waals surface area contributed by atoms with Gasteiger partial charge < -0.3 is 5.32 Å². The molecule has 0 unspecified atom stereocenters. The van der Waals surface area contributed by atoms with Gasteiger partial charge in [-0.2, -0.15) is 4.80 Å². The Labute approximate surface area is 136 Å². The van der Waals surface area contributed by atoms with Crippen LogP contribution in [0.3, 0.4) is 0 Å². The van der Waals surface area contributed by atoms with Gasteiger partial charge in [-0.25, -0.2) is 8.78 Å². The number of hydrogen-bond donors (Lipinski definition) is 1. The lowest BCUT2D eigenvalue weighted by molar-refractivity contribution is -0.117. The van der Waals surface area contributed by atoms with Gasteiger partial charge in [-0.3, -0.25) is 4.79 Å². The van der Waals surface area contributed by atoms with Crippen molar-refractivity contribution in [1.82, 2.24) is 20.2 Å². The Balaban J connectivity index is 1.69. The van der Waals surface area contributed by atoms with Crippen molar-refractivity contribution in [2.45, 2.75) is 13.5 Å². The number of tetrazole rings is 1. The van der Waals surface area contributed by atoms with E-state index in [2.05, 4.69) is 20.7 Å². The molecule has 24 heavy (non-hydrogen) atoms. The van der Waals surface area contributed by atoms with E-state index in [0.717, 1.165) is 10.4 Å². The van der Waals surface area contributed by atoms with Crippen LogP contribution >= 0.6 is 0 Å². The summed E-state index contributed by atoms with van der Waals surface area (Å²) in [5.41, 5.74) is 1.71. The average molecular weight is 329 g/mol. The number of carbonyl (C=O) groups excluding carboxylic acids is 1. The number of nitrogens with one attached hydrogen (secondary N) is 1. The summed E-state index contributed by atoms with van der Waals surface area (Å²) in [7, 11) is 0. The Kier molecular flexibility index (Phi) is 4.28. The molecule has 1 heterocycles. The second-order valence-corrected chi connectivity index (χ2v) is 5.16. The van der Waals surface area contributed by atoms with Crippen molar-refractivity contribution in [3.05, 3.63) is 59.7 Å². The Hall–Kier alpha value is -3.16. The topological polar surface area (TPSA) is 72.7 Å². The number of rotatable bonds is 4. The predicted molar refractivity (Wildman–Crippen MR) is 83.0 cm³/mol.